The molecule has 2 nitrogen and oxygen atoms in total. The fraction of sp³-hybridized carbons (Fsp3) is 0.684. The molecule has 1 aromatic rings. The maximum absolute atomic E-state index is 3.62. The first-order valence-corrected chi connectivity index (χ1v) is 8.67. The predicted octanol–water partition coefficient (Wildman–Crippen LogP) is 3.82. The van der Waals surface area contributed by atoms with Crippen LogP contribution in [0.25, 0.3) is 0 Å². The van der Waals surface area contributed by atoms with Gasteiger partial charge in [0.15, 0.2) is 0 Å². The Kier molecular flexibility index (Phi) is 6.72. The van der Waals surface area contributed by atoms with E-state index in [0.29, 0.717) is 0 Å². The Hall–Kier alpha value is -0.860. The molecule has 1 heterocycles. The molecule has 0 atom stereocenters. The van der Waals surface area contributed by atoms with E-state index in [-0.39, 0.29) is 5.41 Å². The van der Waals surface area contributed by atoms with Crippen LogP contribution in [0.15, 0.2) is 30.3 Å². The first-order chi connectivity index (χ1) is 10.2. The van der Waals surface area contributed by atoms with Gasteiger partial charge in [0, 0.05) is 0 Å². The number of hydrogen-bond donors (Lipinski definition) is 1. The molecule has 2 rings (SSSR count). The Morgan fingerprint density at radius 1 is 1.00 bits per heavy atom. The van der Waals surface area contributed by atoms with E-state index in [1.54, 1.807) is 0 Å². The maximum Gasteiger partial charge on any atom is -0.000664 e. The van der Waals surface area contributed by atoms with Gasteiger partial charge < -0.3 is 10.2 Å². The molecule has 1 aromatic carbocycles. The van der Waals surface area contributed by atoms with Crippen LogP contribution in [0.5, 0.6) is 0 Å². The summed E-state index contributed by atoms with van der Waals surface area (Å²) in [5.74, 6) is 0. The van der Waals surface area contributed by atoms with Gasteiger partial charge in [-0.1, -0.05) is 50.6 Å². The zero-order valence-corrected chi connectivity index (χ0v) is 13.9. The topological polar surface area (TPSA) is 15.3 Å². The molecule has 0 spiro atoms. The number of piperidine rings is 1. The molecular weight excluding hydrogens is 256 g/mol. The largest absolute Gasteiger partial charge is 0.317 e. The van der Waals surface area contributed by atoms with E-state index in [1.165, 1.54) is 57.3 Å². The van der Waals surface area contributed by atoms with Crippen LogP contribution < -0.4 is 5.32 Å². The van der Waals surface area contributed by atoms with E-state index < -0.39 is 0 Å². The van der Waals surface area contributed by atoms with Crippen molar-refractivity contribution in [2.75, 3.05) is 32.7 Å². The second-order valence-corrected chi connectivity index (χ2v) is 7.01. The van der Waals surface area contributed by atoms with Gasteiger partial charge in [0.2, 0.25) is 0 Å². The second kappa shape index (κ2) is 8.55. The lowest BCUT2D eigenvalue weighted by Gasteiger charge is -2.27. The highest BCUT2D eigenvalue weighted by molar-refractivity contribution is 5.23. The summed E-state index contributed by atoms with van der Waals surface area (Å²) in [7, 11) is 0. The van der Waals surface area contributed by atoms with E-state index in [0.717, 1.165) is 13.1 Å². The van der Waals surface area contributed by atoms with Crippen LogP contribution in [-0.2, 0) is 5.41 Å². The van der Waals surface area contributed by atoms with Crippen LogP contribution in [0.1, 0.15) is 51.5 Å². The Morgan fingerprint density at radius 2 is 1.71 bits per heavy atom. The summed E-state index contributed by atoms with van der Waals surface area (Å²) in [5.41, 5.74) is 1.71. The van der Waals surface area contributed by atoms with Crippen molar-refractivity contribution in [2.45, 2.75) is 51.4 Å². The van der Waals surface area contributed by atoms with Crippen molar-refractivity contribution in [1.29, 1.82) is 0 Å². The zero-order chi connectivity index (χ0) is 15.0. The van der Waals surface area contributed by atoms with E-state index in [4.69, 9.17) is 0 Å². The zero-order valence-electron chi connectivity index (χ0n) is 13.9. The van der Waals surface area contributed by atoms with Crippen LogP contribution in [0.2, 0.25) is 0 Å². The number of rotatable bonds is 8. The van der Waals surface area contributed by atoms with Crippen LogP contribution in [0.4, 0.5) is 0 Å². The molecule has 118 valence electrons. The average Bonchev–Trinajstić information content (AvgIpc) is 2.52. The number of nitrogens with zero attached hydrogens (tertiary/aromatic N) is 1. The molecule has 1 fully saturated rings. The van der Waals surface area contributed by atoms with Crippen LogP contribution in [0, 0.1) is 0 Å². The average molecular weight is 288 g/mol. The fourth-order valence-corrected chi connectivity index (χ4v) is 3.17. The van der Waals surface area contributed by atoms with Crippen molar-refractivity contribution in [3.63, 3.8) is 0 Å². The van der Waals surface area contributed by atoms with Crippen molar-refractivity contribution in [3.05, 3.63) is 35.9 Å². The summed E-state index contributed by atoms with van der Waals surface area (Å²) < 4.78 is 0. The molecule has 0 amide bonds. The minimum atomic E-state index is 0.265. The van der Waals surface area contributed by atoms with E-state index in [2.05, 4.69) is 54.4 Å². The maximum atomic E-state index is 3.62. The molecule has 0 saturated carbocycles. The Balaban J connectivity index is 1.57. The standard InChI is InChI=1S/C19H32N2/c1-19(2,18-10-5-3-6-11-18)12-14-20-13-9-17-21-15-7-4-8-16-21/h3,5-6,10-11,20H,4,7-9,12-17H2,1-2H3. The SMILES string of the molecule is CC(C)(CCNCCCN1CCCCC1)c1ccccc1. The Morgan fingerprint density at radius 3 is 2.43 bits per heavy atom. The molecule has 1 saturated heterocycles. The van der Waals surface area contributed by atoms with Crippen LogP contribution in [-0.4, -0.2) is 37.6 Å². The third-order valence-electron chi connectivity index (χ3n) is 4.76. The lowest BCUT2D eigenvalue weighted by molar-refractivity contribution is 0.225. The molecule has 1 N–H and O–H groups in total. The molecule has 21 heavy (non-hydrogen) atoms. The summed E-state index contributed by atoms with van der Waals surface area (Å²) >= 11 is 0. The smallest absolute Gasteiger partial charge is 0.000664 e. The highest BCUT2D eigenvalue weighted by Gasteiger charge is 2.19. The molecule has 1 aliphatic rings. The summed E-state index contributed by atoms with van der Waals surface area (Å²) in [5, 5.41) is 3.62. The third-order valence-corrected chi connectivity index (χ3v) is 4.76. The van der Waals surface area contributed by atoms with Crippen LogP contribution in [0.3, 0.4) is 0 Å². The summed E-state index contributed by atoms with van der Waals surface area (Å²) in [6.07, 6.45) is 6.72. The molecular formula is C19H32N2. The third kappa shape index (κ3) is 5.80. The quantitative estimate of drug-likeness (QED) is 0.732. The minimum absolute atomic E-state index is 0.265. The Labute approximate surface area is 130 Å². The lowest BCUT2D eigenvalue weighted by atomic mass is 9.81. The van der Waals surface area contributed by atoms with Gasteiger partial charge in [-0.15, -0.1) is 0 Å². The molecule has 2 heteroatoms. The number of likely N-dealkylation sites (tertiary alicyclic amines) is 1. The monoisotopic (exact) mass is 288 g/mol. The summed E-state index contributed by atoms with van der Waals surface area (Å²) in [6.45, 7) is 10.9. The summed E-state index contributed by atoms with van der Waals surface area (Å²) in [4.78, 5) is 2.62. The number of nitrogens with one attached hydrogen (secondary N) is 1. The highest BCUT2D eigenvalue weighted by atomic mass is 15.1. The van der Waals surface area contributed by atoms with Crippen LogP contribution >= 0.6 is 0 Å². The van der Waals surface area contributed by atoms with Gasteiger partial charge in [-0.2, -0.15) is 0 Å². The van der Waals surface area contributed by atoms with Gasteiger partial charge in [0.1, 0.15) is 0 Å². The lowest BCUT2D eigenvalue weighted by Crippen LogP contribution is -2.33. The van der Waals surface area contributed by atoms with Gasteiger partial charge in [0.25, 0.3) is 0 Å². The highest BCUT2D eigenvalue weighted by Crippen LogP contribution is 2.25. The fourth-order valence-electron chi connectivity index (χ4n) is 3.17. The number of hydrogen-bond acceptors (Lipinski definition) is 2. The van der Waals surface area contributed by atoms with Gasteiger partial charge in [-0.3, -0.25) is 0 Å². The Bertz CT molecular complexity index is 380. The molecule has 1 aliphatic heterocycles. The minimum Gasteiger partial charge on any atom is -0.317 e. The van der Waals surface area contributed by atoms with Gasteiger partial charge in [0.05, 0.1) is 0 Å². The van der Waals surface area contributed by atoms with Gasteiger partial charge in [-0.05, 0) is 69.4 Å². The predicted molar refractivity (Wildman–Crippen MR) is 91.9 cm³/mol. The first kappa shape index (κ1) is 16.5. The van der Waals surface area contributed by atoms with Crippen molar-refractivity contribution < 1.29 is 0 Å². The van der Waals surface area contributed by atoms with E-state index in [9.17, 15) is 0 Å². The molecule has 0 aromatic heterocycles. The van der Waals surface area contributed by atoms with E-state index in [1.807, 2.05) is 0 Å². The normalized spacial score (nSPS) is 17.0. The molecule has 0 radical (unpaired) electrons. The number of benzene rings is 1. The van der Waals surface area contributed by atoms with Gasteiger partial charge >= 0.3 is 0 Å². The van der Waals surface area contributed by atoms with Crippen molar-refractivity contribution in [1.82, 2.24) is 10.2 Å². The van der Waals surface area contributed by atoms with Crippen molar-refractivity contribution >= 4 is 0 Å². The first-order valence-electron chi connectivity index (χ1n) is 8.67. The molecule has 0 bridgehead atoms. The van der Waals surface area contributed by atoms with Crippen molar-refractivity contribution in [3.8, 4) is 0 Å². The molecule has 0 aliphatic carbocycles. The molecule has 0 unspecified atom stereocenters. The van der Waals surface area contributed by atoms with Crippen molar-refractivity contribution in [2.24, 2.45) is 0 Å². The van der Waals surface area contributed by atoms with Gasteiger partial charge in [-0.25, -0.2) is 0 Å². The summed E-state index contributed by atoms with van der Waals surface area (Å²) in [6, 6.07) is 10.9. The van der Waals surface area contributed by atoms with E-state index >= 15 is 0 Å². The second-order valence-electron chi connectivity index (χ2n) is 7.01.